The number of nitrogens with zero attached hydrogens (tertiary/aromatic N) is 2. The summed E-state index contributed by atoms with van der Waals surface area (Å²) in [5.74, 6) is -5.17. The Bertz CT molecular complexity index is 1110. The van der Waals surface area contributed by atoms with Crippen LogP contribution in [0.5, 0.6) is 5.75 Å². The summed E-state index contributed by atoms with van der Waals surface area (Å²) < 4.78 is 45.3. The number of halogens is 3. The fraction of sp³-hybridized carbons (Fsp3) is 0.158. The maximum absolute atomic E-state index is 13.6. The molecule has 2 amide bonds. The average Bonchev–Trinajstić information content (AvgIpc) is 3.24. The minimum absolute atomic E-state index is 0.0377. The van der Waals surface area contributed by atoms with Gasteiger partial charge in [-0.1, -0.05) is 23.1 Å². The first kappa shape index (κ1) is 23.3. The number of amides is 2. The number of thioether (sulfide) groups is 1. The van der Waals surface area contributed by atoms with Crippen molar-refractivity contribution in [3.05, 3.63) is 53.8 Å². The predicted molar refractivity (Wildman–Crippen MR) is 115 cm³/mol. The molecular formula is C19H16F3N5O3S2. The van der Waals surface area contributed by atoms with Crippen LogP contribution in [-0.2, 0) is 9.59 Å². The van der Waals surface area contributed by atoms with Gasteiger partial charge in [0.15, 0.2) is 21.8 Å². The first-order chi connectivity index (χ1) is 15.4. The Labute approximate surface area is 188 Å². The molecule has 1 heterocycles. The highest BCUT2D eigenvalue weighted by atomic mass is 32.2. The van der Waals surface area contributed by atoms with E-state index in [0.29, 0.717) is 15.5 Å². The zero-order valence-electron chi connectivity index (χ0n) is 16.4. The maximum atomic E-state index is 13.6. The average molecular weight is 483 g/mol. The van der Waals surface area contributed by atoms with Crippen LogP contribution in [0.15, 0.2) is 40.7 Å². The summed E-state index contributed by atoms with van der Waals surface area (Å²) in [6, 6.07) is 8.79. The van der Waals surface area contributed by atoms with Crippen LogP contribution in [0, 0.1) is 17.5 Å². The Hall–Kier alpha value is -3.32. The molecule has 3 rings (SSSR count). The van der Waals surface area contributed by atoms with Crippen molar-refractivity contribution >= 4 is 51.4 Å². The Morgan fingerprint density at radius 3 is 2.50 bits per heavy atom. The van der Waals surface area contributed by atoms with Crippen LogP contribution in [0.3, 0.4) is 0 Å². The minimum atomic E-state index is -1.69. The van der Waals surface area contributed by atoms with Crippen molar-refractivity contribution in [2.45, 2.75) is 4.34 Å². The Balaban J connectivity index is 1.42. The van der Waals surface area contributed by atoms with Gasteiger partial charge in [-0.15, -0.1) is 10.2 Å². The van der Waals surface area contributed by atoms with E-state index < -0.39 is 41.5 Å². The van der Waals surface area contributed by atoms with Gasteiger partial charge >= 0.3 is 0 Å². The number of anilines is 3. The van der Waals surface area contributed by atoms with E-state index >= 15 is 0 Å². The van der Waals surface area contributed by atoms with Crippen molar-refractivity contribution < 1.29 is 27.5 Å². The molecule has 3 aromatic rings. The second kappa shape index (κ2) is 10.8. The predicted octanol–water partition coefficient (Wildman–Crippen LogP) is 3.55. The fourth-order valence-corrected chi connectivity index (χ4v) is 3.89. The van der Waals surface area contributed by atoms with Crippen LogP contribution in [-0.4, -0.2) is 41.4 Å². The van der Waals surface area contributed by atoms with E-state index in [2.05, 4.69) is 26.1 Å². The molecule has 0 bridgehead atoms. The SMILES string of the molecule is COc1ccc(Nc2nnc(SCC(=O)NCC(=O)Nc3ccc(F)c(F)c3F)s2)cc1. The summed E-state index contributed by atoms with van der Waals surface area (Å²) in [5, 5.41) is 16.0. The van der Waals surface area contributed by atoms with E-state index in [9.17, 15) is 22.8 Å². The highest BCUT2D eigenvalue weighted by molar-refractivity contribution is 8.01. The van der Waals surface area contributed by atoms with Gasteiger partial charge in [-0.3, -0.25) is 9.59 Å². The molecule has 0 saturated carbocycles. The lowest BCUT2D eigenvalue weighted by molar-refractivity contribution is -0.122. The highest BCUT2D eigenvalue weighted by Crippen LogP contribution is 2.28. The molecule has 8 nitrogen and oxygen atoms in total. The van der Waals surface area contributed by atoms with E-state index in [1.54, 1.807) is 19.2 Å². The van der Waals surface area contributed by atoms with Gasteiger partial charge in [0.05, 0.1) is 25.1 Å². The lowest BCUT2D eigenvalue weighted by atomic mass is 10.2. The van der Waals surface area contributed by atoms with Gasteiger partial charge in [-0.05, 0) is 36.4 Å². The summed E-state index contributed by atoms with van der Waals surface area (Å²) in [6.07, 6.45) is 0. The number of nitrogens with one attached hydrogen (secondary N) is 3. The lowest BCUT2D eigenvalue weighted by Crippen LogP contribution is -2.34. The second-order valence-corrected chi connectivity index (χ2v) is 8.26. The summed E-state index contributed by atoms with van der Waals surface area (Å²) in [5.41, 5.74) is 0.267. The number of carbonyl (C=O) groups excluding carboxylic acids is 2. The first-order valence-corrected chi connectivity index (χ1v) is 10.7. The van der Waals surface area contributed by atoms with Crippen LogP contribution in [0.25, 0.3) is 0 Å². The van der Waals surface area contributed by atoms with Crippen molar-refractivity contribution in [1.29, 1.82) is 0 Å². The van der Waals surface area contributed by atoms with Crippen molar-refractivity contribution in [3.63, 3.8) is 0 Å². The maximum Gasteiger partial charge on any atom is 0.243 e. The normalized spacial score (nSPS) is 10.5. The van der Waals surface area contributed by atoms with E-state index in [1.807, 2.05) is 12.1 Å². The minimum Gasteiger partial charge on any atom is -0.497 e. The van der Waals surface area contributed by atoms with Gasteiger partial charge in [0, 0.05) is 5.69 Å². The quantitative estimate of drug-likeness (QED) is 0.316. The van der Waals surface area contributed by atoms with Crippen molar-refractivity contribution in [1.82, 2.24) is 15.5 Å². The Kier molecular flexibility index (Phi) is 7.89. The van der Waals surface area contributed by atoms with Crippen LogP contribution < -0.4 is 20.7 Å². The molecule has 0 radical (unpaired) electrons. The molecule has 1 aromatic heterocycles. The molecule has 168 valence electrons. The highest BCUT2D eigenvalue weighted by Gasteiger charge is 2.16. The molecule has 13 heteroatoms. The number of hydrogen-bond donors (Lipinski definition) is 3. The molecule has 32 heavy (non-hydrogen) atoms. The van der Waals surface area contributed by atoms with Crippen molar-refractivity contribution in [2.24, 2.45) is 0 Å². The topological polar surface area (TPSA) is 105 Å². The van der Waals surface area contributed by atoms with E-state index in [4.69, 9.17) is 4.74 Å². The van der Waals surface area contributed by atoms with Gasteiger partial charge < -0.3 is 20.7 Å². The van der Waals surface area contributed by atoms with Gasteiger partial charge in [0.2, 0.25) is 16.9 Å². The number of methoxy groups -OCH3 is 1. The smallest absolute Gasteiger partial charge is 0.243 e. The largest absolute Gasteiger partial charge is 0.497 e. The molecule has 0 aliphatic rings. The number of rotatable bonds is 9. The standard InChI is InChI=1S/C19H16F3N5O3S2/c1-30-11-4-2-10(3-5-11)24-18-26-27-19(32-18)31-9-15(29)23-8-14(28)25-13-7-6-12(20)16(21)17(13)22/h2-7H,8-9H2,1H3,(H,23,29)(H,24,26)(H,25,28). The third-order valence-corrected chi connectivity index (χ3v) is 5.80. The molecule has 0 spiro atoms. The fourth-order valence-electron chi connectivity index (χ4n) is 2.29. The molecule has 2 aromatic carbocycles. The number of aromatic nitrogens is 2. The van der Waals surface area contributed by atoms with Gasteiger partial charge in [-0.2, -0.15) is 0 Å². The number of ether oxygens (including phenoxy) is 1. The van der Waals surface area contributed by atoms with E-state index in [-0.39, 0.29) is 5.75 Å². The van der Waals surface area contributed by atoms with Crippen molar-refractivity contribution in [3.8, 4) is 5.75 Å². The summed E-state index contributed by atoms with van der Waals surface area (Å²) >= 11 is 2.36. The van der Waals surface area contributed by atoms with Crippen LogP contribution in [0.4, 0.5) is 29.7 Å². The number of carbonyl (C=O) groups is 2. The zero-order chi connectivity index (χ0) is 23.1. The van der Waals surface area contributed by atoms with Gasteiger partial charge in [0.1, 0.15) is 5.75 Å². The molecule has 0 unspecified atom stereocenters. The van der Waals surface area contributed by atoms with Gasteiger partial charge in [0.25, 0.3) is 0 Å². The van der Waals surface area contributed by atoms with Crippen LogP contribution >= 0.6 is 23.1 Å². The monoisotopic (exact) mass is 483 g/mol. The Morgan fingerprint density at radius 2 is 1.78 bits per heavy atom. The molecule has 3 N–H and O–H groups in total. The van der Waals surface area contributed by atoms with E-state index in [0.717, 1.165) is 29.3 Å². The first-order valence-electron chi connectivity index (χ1n) is 8.93. The Morgan fingerprint density at radius 1 is 1.03 bits per heavy atom. The molecule has 0 aliphatic heterocycles. The zero-order valence-corrected chi connectivity index (χ0v) is 18.1. The van der Waals surface area contributed by atoms with Crippen LogP contribution in [0.1, 0.15) is 0 Å². The summed E-state index contributed by atoms with van der Waals surface area (Å²) in [7, 11) is 1.58. The third kappa shape index (κ3) is 6.34. The summed E-state index contributed by atoms with van der Waals surface area (Å²) in [4.78, 5) is 23.7. The number of benzene rings is 2. The lowest BCUT2D eigenvalue weighted by Gasteiger charge is -2.08. The van der Waals surface area contributed by atoms with Crippen LogP contribution in [0.2, 0.25) is 0 Å². The molecular weight excluding hydrogens is 467 g/mol. The van der Waals surface area contributed by atoms with Gasteiger partial charge in [-0.25, -0.2) is 13.2 Å². The van der Waals surface area contributed by atoms with Crippen molar-refractivity contribution in [2.75, 3.05) is 30.0 Å². The molecule has 0 fully saturated rings. The summed E-state index contributed by atoms with van der Waals surface area (Å²) in [6.45, 7) is -0.474. The van der Waals surface area contributed by atoms with E-state index in [1.165, 1.54) is 11.3 Å². The third-order valence-electron chi connectivity index (χ3n) is 3.83. The number of hydrogen-bond acceptors (Lipinski definition) is 8. The molecule has 0 aliphatic carbocycles. The second-order valence-electron chi connectivity index (χ2n) is 6.06. The molecule has 0 atom stereocenters. The molecule has 0 saturated heterocycles.